The molecule has 0 aromatic heterocycles. The monoisotopic (exact) mass is 572 g/mol. The van der Waals surface area contributed by atoms with Crippen molar-refractivity contribution in [3.8, 4) is 33.8 Å². The van der Waals surface area contributed by atoms with Crippen LogP contribution in [-0.2, 0) is 0 Å². The molecule has 0 aliphatic rings. The van der Waals surface area contributed by atoms with Gasteiger partial charge in [0, 0.05) is 12.4 Å². The van der Waals surface area contributed by atoms with Crippen molar-refractivity contribution in [1.29, 1.82) is 0 Å². The Labute approximate surface area is 258 Å². The Kier molecular flexibility index (Phi) is 9.31. The van der Waals surface area contributed by atoms with Crippen molar-refractivity contribution in [2.75, 3.05) is 13.2 Å². The highest BCUT2D eigenvalue weighted by atomic mass is 16.5. The lowest BCUT2D eigenvalue weighted by atomic mass is 10.0. The minimum absolute atomic E-state index is 0.440. The largest absolute Gasteiger partial charge is 0.490 e. The molecule has 4 heteroatoms. The molecule has 0 spiro atoms. The van der Waals surface area contributed by atoms with Crippen LogP contribution in [0.1, 0.15) is 11.1 Å². The first-order chi connectivity index (χ1) is 21.8. The number of ether oxygens (including phenoxy) is 2. The van der Waals surface area contributed by atoms with Gasteiger partial charge in [0.05, 0.1) is 11.4 Å². The second-order valence-corrected chi connectivity index (χ2v) is 10.2. The van der Waals surface area contributed by atoms with E-state index < -0.39 is 0 Å². The molecule has 0 N–H and O–H groups in total. The van der Waals surface area contributed by atoms with Crippen molar-refractivity contribution < 1.29 is 9.47 Å². The van der Waals surface area contributed by atoms with E-state index in [-0.39, 0.29) is 0 Å². The van der Waals surface area contributed by atoms with Crippen molar-refractivity contribution >= 4 is 23.8 Å². The molecular weight excluding hydrogens is 540 g/mol. The number of hydrogen-bond acceptors (Lipinski definition) is 4. The fourth-order valence-corrected chi connectivity index (χ4v) is 4.66. The van der Waals surface area contributed by atoms with Gasteiger partial charge >= 0.3 is 0 Å². The van der Waals surface area contributed by atoms with Crippen LogP contribution in [-0.4, -0.2) is 25.6 Å². The van der Waals surface area contributed by atoms with E-state index in [1.54, 1.807) is 0 Å². The summed E-state index contributed by atoms with van der Waals surface area (Å²) < 4.78 is 11.7. The SMILES string of the molecule is C(=Nc1ccc(OCCOc2ccc(N=Cc3ccc(-c4ccccc4)cc3)cc2)cc1)c1ccc(-c2ccccc2)cc1. The molecule has 6 aromatic carbocycles. The Morgan fingerprint density at radius 3 is 1.07 bits per heavy atom. The highest BCUT2D eigenvalue weighted by Gasteiger charge is 2.00. The maximum absolute atomic E-state index is 5.85. The van der Waals surface area contributed by atoms with E-state index in [1.165, 1.54) is 22.3 Å². The van der Waals surface area contributed by atoms with Crippen LogP contribution in [0.4, 0.5) is 11.4 Å². The van der Waals surface area contributed by atoms with Crippen LogP contribution in [0.2, 0.25) is 0 Å². The third-order valence-electron chi connectivity index (χ3n) is 7.06. The summed E-state index contributed by atoms with van der Waals surface area (Å²) in [7, 11) is 0. The fourth-order valence-electron chi connectivity index (χ4n) is 4.66. The summed E-state index contributed by atoms with van der Waals surface area (Å²) in [6, 6.07) is 53.0. The van der Waals surface area contributed by atoms with Crippen LogP contribution in [0.5, 0.6) is 11.5 Å². The predicted molar refractivity (Wildman–Crippen MR) is 182 cm³/mol. The summed E-state index contributed by atoms with van der Waals surface area (Å²) in [6.07, 6.45) is 3.75. The smallest absolute Gasteiger partial charge is 0.122 e. The van der Waals surface area contributed by atoms with E-state index in [0.717, 1.165) is 34.0 Å². The van der Waals surface area contributed by atoms with Crippen molar-refractivity contribution in [2.24, 2.45) is 9.98 Å². The number of hydrogen-bond donors (Lipinski definition) is 0. The first-order valence-corrected chi connectivity index (χ1v) is 14.6. The van der Waals surface area contributed by atoms with E-state index in [4.69, 9.17) is 9.47 Å². The Hall–Kier alpha value is -5.74. The standard InChI is InChI=1S/C40H32N2O2/c1-3-7-33(8-4-1)35-15-11-31(12-16-35)29-41-37-19-23-39(24-20-37)43-27-28-44-40-25-21-38(22-26-40)42-30-32-13-17-36(18-14-32)34-9-5-2-6-10-34/h1-26,29-30H,27-28H2. The zero-order valence-electron chi connectivity index (χ0n) is 24.3. The summed E-state index contributed by atoms with van der Waals surface area (Å²) in [4.78, 5) is 9.19. The molecule has 0 unspecified atom stereocenters. The van der Waals surface area contributed by atoms with E-state index in [2.05, 4.69) is 107 Å². The number of aliphatic imine (C=N–C) groups is 2. The molecule has 0 bridgehead atoms. The second kappa shape index (κ2) is 14.4. The Morgan fingerprint density at radius 2 is 0.705 bits per heavy atom. The van der Waals surface area contributed by atoms with Crippen LogP contribution >= 0.6 is 0 Å². The second-order valence-electron chi connectivity index (χ2n) is 10.2. The van der Waals surface area contributed by atoms with Crippen molar-refractivity contribution in [1.82, 2.24) is 0 Å². The first-order valence-electron chi connectivity index (χ1n) is 14.6. The molecule has 6 rings (SSSR count). The van der Waals surface area contributed by atoms with E-state index >= 15 is 0 Å². The van der Waals surface area contributed by atoms with Gasteiger partial charge in [0.25, 0.3) is 0 Å². The van der Waals surface area contributed by atoms with Crippen molar-refractivity contribution in [3.63, 3.8) is 0 Å². The van der Waals surface area contributed by atoms with Crippen LogP contribution in [0.25, 0.3) is 22.3 Å². The lowest BCUT2D eigenvalue weighted by Crippen LogP contribution is -2.08. The summed E-state index contributed by atoms with van der Waals surface area (Å²) in [5.74, 6) is 1.56. The molecule has 0 fully saturated rings. The first kappa shape index (κ1) is 28.4. The Bertz CT molecular complexity index is 1660. The maximum Gasteiger partial charge on any atom is 0.122 e. The predicted octanol–water partition coefficient (Wildman–Crippen LogP) is 9.98. The maximum atomic E-state index is 5.85. The van der Waals surface area contributed by atoms with Gasteiger partial charge in [-0.15, -0.1) is 0 Å². The van der Waals surface area contributed by atoms with Gasteiger partial charge < -0.3 is 9.47 Å². The minimum atomic E-state index is 0.440. The van der Waals surface area contributed by atoms with Gasteiger partial charge in [0.15, 0.2) is 0 Å². The average Bonchev–Trinajstić information content (AvgIpc) is 3.10. The molecule has 214 valence electrons. The normalized spacial score (nSPS) is 11.2. The quantitative estimate of drug-likeness (QED) is 0.115. The average molecular weight is 573 g/mol. The van der Waals surface area contributed by atoms with Crippen molar-refractivity contribution in [2.45, 2.75) is 0 Å². The van der Waals surface area contributed by atoms with E-state index in [0.29, 0.717) is 13.2 Å². The van der Waals surface area contributed by atoms with Gasteiger partial charge in [-0.25, -0.2) is 0 Å². The highest BCUT2D eigenvalue weighted by Crippen LogP contribution is 2.22. The van der Waals surface area contributed by atoms with E-state index in [9.17, 15) is 0 Å². The molecule has 0 aliphatic heterocycles. The number of rotatable bonds is 11. The van der Waals surface area contributed by atoms with Crippen LogP contribution < -0.4 is 9.47 Å². The number of nitrogens with zero attached hydrogens (tertiary/aromatic N) is 2. The minimum Gasteiger partial charge on any atom is -0.490 e. The summed E-state index contributed by atoms with van der Waals surface area (Å²) in [5, 5.41) is 0. The van der Waals surface area contributed by atoms with Crippen LogP contribution in [0.3, 0.4) is 0 Å². The zero-order chi connectivity index (χ0) is 29.8. The fraction of sp³-hybridized carbons (Fsp3) is 0.0500. The molecule has 44 heavy (non-hydrogen) atoms. The van der Waals surface area contributed by atoms with Gasteiger partial charge in [0.2, 0.25) is 0 Å². The molecule has 0 saturated carbocycles. The van der Waals surface area contributed by atoms with Gasteiger partial charge in [0.1, 0.15) is 24.7 Å². The van der Waals surface area contributed by atoms with Crippen molar-refractivity contribution in [3.05, 3.63) is 169 Å². The van der Waals surface area contributed by atoms with Gasteiger partial charge in [-0.2, -0.15) is 0 Å². The van der Waals surface area contributed by atoms with Crippen LogP contribution in [0, 0.1) is 0 Å². The molecule has 0 atom stereocenters. The van der Waals surface area contributed by atoms with Gasteiger partial charge in [-0.3, -0.25) is 9.98 Å². The molecular formula is C40H32N2O2. The van der Waals surface area contributed by atoms with Crippen LogP contribution in [0.15, 0.2) is 168 Å². The molecule has 0 saturated heterocycles. The lowest BCUT2D eigenvalue weighted by Gasteiger charge is -2.08. The molecule has 0 aliphatic carbocycles. The highest BCUT2D eigenvalue weighted by molar-refractivity contribution is 5.84. The Balaban J connectivity index is 0.925. The summed E-state index contributed by atoms with van der Waals surface area (Å²) in [6.45, 7) is 0.879. The lowest BCUT2D eigenvalue weighted by molar-refractivity contribution is 0.217. The van der Waals surface area contributed by atoms with Gasteiger partial charge in [-0.1, -0.05) is 109 Å². The van der Waals surface area contributed by atoms with E-state index in [1.807, 2.05) is 73.1 Å². The molecule has 0 heterocycles. The third kappa shape index (κ3) is 7.96. The molecule has 6 aromatic rings. The topological polar surface area (TPSA) is 43.2 Å². The third-order valence-corrected chi connectivity index (χ3v) is 7.06. The molecule has 4 nitrogen and oxygen atoms in total. The van der Waals surface area contributed by atoms with Gasteiger partial charge in [-0.05, 0) is 81.9 Å². The summed E-state index contributed by atoms with van der Waals surface area (Å²) >= 11 is 0. The zero-order valence-corrected chi connectivity index (χ0v) is 24.3. The number of benzene rings is 6. The molecule has 0 amide bonds. The Morgan fingerprint density at radius 1 is 0.364 bits per heavy atom. The molecule has 0 radical (unpaired) electrons. The summed E-state index contributed by atoms with van der Waals surface area (Å²) in [5.41, 5.74) is 8.63.